The third-order valence-electron chi connectivity index (χ3n) is 6.28. The topological polar surface area (TPSA) is 104 Å². The Morgan fingerprint density at radius 2 is 1.89 bits per heavy atom. The fraction of sp³-hybridized carbons (Fsp3) is 0.370. The minimum absolute atomic E-state index is 0.124. The molecule has 0 atom stereocenters. The lowest BCUT2D eigenvalue weighted by atomic mass is 10.1. The van der Waals surface area contributed by atoms with E-state index in [1.54, 1.807) is 24.0 Å². The Kier molecular flexibility index (Phi) is 7.79. The molecule has 0 fully saturated rings. The summed E-state index contributed by atoms with van der Waals surface area (Å²) in [5.41, 5.74) is 8.69. The van der Waals surface area contributed by atoms with Gasteiger partial charge in [0.25, 0.3) is 5.91 Å². The van der Waals surface area contributed by atoms with Gasteiger partial charge in [0.1, 0.15) is 0 Å². The molecule has 0 radical (unpaired) electrons. The lowest BCUT2D eigenvalue weighted by molar-refractivity contribution is -0.130. The van der Waals surface area contributed by atoms with Crippen LogP contribution in [0.25, 0.3) is 0 Å². The monoisotopic (exact) mass is 509 g/mol. The fourth-order valence-corrected chi connectivity index (χ4v) is 4.90. The molecule has 8 nitrogen and oxygen atoms in total. The van der Waals surface area contributed by atoms with E-state index >= 15 is 0 Å². The first kappa shape index (κ1) is 25.5. The first-order chi connectivity index (χ1) is 17.2. The van der Waals surface area contributed by atoms with Gasteiger partial charge in [0.15, 0.2) is 17.3 Å². The van der Waals surface area contributed by atoms with Crippen molar-refractivity contribution < 1.29 is 23.9 Å². The van der Waals surface area contributed by atoms with Gasteiger partial charge in [0.2, 0.25) is 12.7 Å². The quantitative estimate of drug-likeness (QED) is 0.391. The van der Waals surface area contributed by atoms with Crippen molar-refractivity contribution in [3.05, 3.63) is 69.2 Å². The van der Waals surface area contributed by atoms with Crippen molar-refractivity contribution in [1.29, 1.82) is 0 Å². The molecule has 9 heteroatoms. The summed E-state index contributed by atoms with van der Waals surface area (Å²) in [4.78, 5) is 40.5. The second kappa shape index (κ2) is 11.0. The molecule has 2 amide bonds. The van der Waals surface area contributed by atoms with Crippen molar-refractivity contribution >= 4 is 28.9 Å². The van der Waals surface area contributed by atoms with Crippen LogP contribution in [0.1, 0.15) is 57.9 Å². The predicted molar refractivity (Wildman–Crippen MR) is 137 cm³/mol. The molecule has 36 heavy (non-hydrogen) atoms. The highest BCUT2D eigenvalue weighted by Gasteiger charge is 2.25. The number of amides is 2. The van der Waals surface area contributed by atoms with Gasteiger partial charge in [0, 0.05) is 18.8 Å². The number of fused-ring (bicyclic) bond motifs is 1. The van der Waals surface area contributed by atoms with E-state index in [9.17, 15) is 14.4 Å². The van der Waals surface area contributed by atoms with Gasteiger partial charge in [-0.05, 0) is 65.4 Å². The molecule has 0 unspecified atom stereocenters. The molecule has 3 aromatic rings. The van der Waals surface area contributed by atoms with Crippen molar-refractivity contribution in [3.8, 4) is 11.5 Å². The van der Waals surface area contributed by atoms with E-state index in [4.69, 9.17) is 15.2 Å². The highest BCUT2D eigenvalue weighted by molar-refractivity contribution is 7.08. The molecule has 4 rings (SSSR count). The average molecular weight is 510 g/mol. The SMILES string of the molecule is Cc1c(C(N)=O)cc(C(=O)CN(Cc2ccc3c(c2)OCO3)C(=O)Cc2ccsc2)n1CCC(C)C. The highest BCUT2D eigenvalue weighted by atomic mass is 32.1. The minimum atomic E-state index is -0.574. The lowest BCUT2D eigenvalue weighted by Gasteiger charge is -2.23. The van der Waals surface area contributed by atoms with Crippen LogP contribution in [0.2, 0.25) is 0 Å². The van der Waals surface area contributed by atoms with Crippen molar-refractivity contribution in [2.75, 3.05) is 13.3 Å². The van der Waals surface area contributed by atoms with Crippen LogP contribution in [0, 0.1) is 12.8 Å². The van der Waals surface area contributed by atoms with Gasteiger partial charge < -0.3 is 24.7 Å². The number of thiophene rings is 1. The molecule has 0 aliphatic carbocycles. The van der Waals surface area contributed by atoms with Crippen LogP contribution >= 0.6 is 11.3 Å². The Labute approximate surface area is 214 Å². The first-order valence-corrected chi connectivity index (χ1v) is 12.9. The maximum absolute atomic E-state index is 13.6. The van der Waals surface area contributed by atoms with Crippen molar-refractivity contribution in [2.24, 2.45) is 11.7 Å². The number of ether oxygens (including phenoxy) is 2. The number of carbonyl (C=O) groups excluding carboxylic acids is 3. The van der Waals surface area contributed by atoms with E-state index in [2.05, 4.69) is 13.8 Å². The number of hydrogen-bond acceptors (Lipinski definition) is 6. The molecule has 0 saturated heterocycles. The van der Waals surface area contributed by atoms with E-state index in [1.807, 2.05) is 33.5 Å². The smallest absolute Gasteiger partial charge is 0.250 e. The normalized spacial score (nSPS) is 12.2. The summed E-state index contributed by atoms with van der Waals surface area (Å²) >= 11 is 1.52. The van der Waals surface area contributed by atoms with Crippen molar-refractivity contribution in [3.63, 3.8) is 0 Å². The Balaban J connectivity index is 1.61. The maximum atomic E-state index is 13.6. The van der Waals surface area contributed by atoms with Crippen LogP contribution in [-0.4, -0.2) is 40.4 Å². The summed E-state index contributed by atoms with van der Waals surface area (Å²) < 4.78 is 12.7. The number of hydrogen-bond donors (Lipinski definition) is 1. The number of ketones is 1. The number of aromatic nitrogens is 1. The van der Waals surface area contributed by atoms with Crippen LogP contribution in [0.3, 0.4) is 0 Å². The molecule has 1 aliphatic heterocycles. The summed E-state index contributed by atoms with van der Waals surface area (Å²) in [5.74, 6) is 0.717. The summed E-state index contributed by atoms with van der Waals surface area (Å²) in [6.07, 6.45) is 1.03. The molecule has 0 bridgehead atoms. The van der Waals surface area contributed by atoms with Crippen LogP contribution in [0.15, 0.2) is 41.1 Å². The summed E-state index contributed by atoms with van der Waals surface area (Å²) in [6, 6.07) is 8.97. The zero-order chi connectivity index (χ0) is 25.8. The van der Waals surface area contributed by atoms with Crippen LogP contribution in [0.4, 0.5) is 0 Å². The third-order valence-corrected chi connectivity index (χ3v) is 7.01. The Bertz CT molecular complexity index is 1260. The summed E-state index contributed by atoms with van der Waals surface area (Å²) in [7, 11) is 0. The number of primary amides is 1. The molecule has 2 aromatic heterocycles. The fourth-order valence-electron chi connectivity index (χ4n) is 4.23. The summed E-state index contributed by atoms with van der Waals surface area (Å²) in [5, 5.41) is 3.85. The van der Waals surface area contributed by atoms with Gasteiger partial charge in [-0.25, -0.2) is 0 Å². The Hall–Kier alpha value is -3.59. The number of Topliss-reactive ketones (excluding diaryl/α,β-unsaturated/α-hetero) is 1. The molecule has 0 spiro atoms. The number of benzene rings is 1. The van der Waals surface area contributed by atoms with Crippen LogP contribution in [-0.2, 0) is 24.3 Å². The van der Waals surface area contributed by atoms with E-state index < -0.39 is 5.91 Å². The average Bonchev–Trinajstić information content (AvgIpc) is 3.57. The molecule has 3 heterocycles. The Morgan fingerprint density at radius 1 is 1.11 bits per heavy atom. The van der Waals surface area contributed by atoms with E-state index in [0.717, 1.165) is 17.5 Å². The van der Waals surface area contributed by atoms with Gasteiger partial charge in [0.05, 0.1) is 24.2 Å². The largest absolute Gasteiger partial charge is 0.454 e. The van der Waals surface area contributed by atoms with Gasteiger partial charge in [-0.15, -0.1) is 0 Å². The molecule has 0 saturated carbocycles. The molecule has 1 aromatic carbocycles. The van der Waals surface area contributed by atoms with Crippen LogP contribution in [0.5, 0.6) is 11.5 Å². The molecule has 1 aliphatic rings. The van der Waals surface area contributed by atoms with E-state index in [1.165, 1.54) is 11.3 Å². The summed E-state index contributed by atoms with van der Waals surface area (Å²) in [6.45, 7) is 6.86. The second-order valence-corrected chi connectivity index (χ2v) is 10.2. The van der Waals surface area contributed by atoms with Gasteiger partial charge in [-0.2, -0.15) is 11.3 Å². The first-order valence-electron chi connectivity index (χ1n) is 11.9. The number of carbonyl (C=O) groups is 3. The van der Waals surface area contributed by atoms with Crippen LogP contribution < -0.4 is 15.2 Å². The lowest BCUT2D eigenvalue weighted by Crippen LogP contribution is -2.37. The number of nitrogens with zero attached hydrogens (tertiary/aromatic N) is 2. The standard InChI is InChI=1S/C27H31N3O5S/c1-17(2)6-8-30-18(3)21(27(28)33)12-22(30)23(31)14-29(26(32)11-20-7-9-36-15-20)13-19-4-5-24-25(10-19)35-16-34-24/h4-5,7,9-10,12,15,17H,6,8,11,13-14,16H2,1-3H3,(H2,28,33). The second-order valence-electron chi connectivity index (χ2n) is 9.40. The minimum Gasteiger partial charge on any atom is -0.454 e. The van der Waals surface area contributed by atoms with E-state index in [0.29, 0.717) is 40.9 Å². The van der Waals surface area contributed by atoms with Crippen molar-refractivity contribution in [1.82, 2.24) is 9.47 Å². The van der Waals surface area contributed by atoms with Crippen molar-refractivity contribution in [2.45, 2.75) is 46.7 Å². The predicted octanol–water partition coefficient (Wildman–Crippen LogP) is 4.19. The number of rotatable bonds is 11. The van der Waals surface area contributed by atoms with Gasteiger partial charge >= 0.3 is 0 Å². The Morgan fingerprint density at radius 3 is 2.58 bits per heavy atom. The molecular weight excluding hydrogens is 478 g/mol. The zero-order valence-corrected chi connectivity index (χ0v) is 21.6. The molecule has 190 valence electrons. The highest BCUT2D eigenvalue weighted by Crippen LogP contribution is 2.33. The third kappa shape index (κ3) is 5.79. The molecule has 2 N–H and O–H groups in total. The number of nitrogens with two attached hydrogens (primary N) is 1. The maximum Gasteiger partial charge on any atom is 0.250 e. The zero-order valence-electron chi connectivity index (χ0n) is 20.8. The van der Waals surface area contributed by atoms with Gasteiger partial charge in [-0.1, -0.05) is 19.9 Å². The molecular formula is C27H31N3O5S. The van der Waals surface area contributed by atoms with E-state index in [-0.39, 0.29) is 38.0 Å². The van der Waals surface area contributed by atoms with Gasteiger partial charge in [-0.3, -0.25) is 14.4 Å².